The fourth-order valence-electron chi connectivity index (χ4n) is 5.81. The largest absolute Gasteiger partial charge is 0.375 e. The molecular formula is C26H31FN2O2. The van der Waals surface area contributed by atoms with Crippen LogP contribution in [0.25, 0.3) is 0 Å². The SMILES string of the molecule is O=C(NC1[C@H]2CN(Cc3ccccc3)C[C@@H]12)C(O)(c1ccccc1)C1CCCC(F)C1. The normalized spacial score (nSPS) is 32.1. The number of piperidine rings is 1. The maximum absolute atomic E-state index is 14.2. The van der Waals surface area contributed by atoms with Crippen molar-refractivity contribution in [2.45, 2.75) is 50.0 Å². The molecule has 1 aliphatic heterocycles. The summed E-state index contributed by atoms with van der Waals surface area (Å²) in [6, 6.07) is 19.7. The lowest BCUT2D eigenvalue weighted by Crippen LogP contribution is -2.52. The lowest BCUT2D eigenvalue weighted by Gasteiger charge is -2.38. The number of likely N-dealkylation sites (tertiary alicyclic amines) is 1. The van der Waals surface area contributed by atoms with Gasteiger partial charge < -0.3 is 10.4 Å². The number of carbonyl (C=O) groups is 1. The number of nitrogens with zero attached hydrogens (tertiary/aromatic N) is 1. The highest BCUT2D eigenvalue weighted by molar-refractivity contribution is 5.87. The third kappa shape index (κ3) is 4.01. The minimum Gasteiger partial charge on any atom is -0.375 e. The molecule has 2 N–H and O–H groups in total. The monoisotopic (exact) mass is 422 g/mol. The molecule has 3 fully saturated rings. The van der Waals surface area contributed by atoms with Gasteiger partial charge in [-0.1, -0.05) is 67.1 Å². The number of halogens is 1. The Balaban J connectivity index is 1.25. The zero-order chi connectivity index (χ0) is 21.4. The molecule has 4 nitrogen and oxygen atoms in total. The number of nitrogens with one attached hydrogen (secondary N) is 1. The predicted octanol–water partition coefficient (Wildman–Crippen LogP) is 3.65. The topological polar surface area (TPSA) is 52.6 Å². The number of hydrogen-bond donors (Lipinski definition) is 2. The second kappa shape index (κ2) is 8.36. The highest BCUT2D eigenvalue weighted by Gasteiger charge is 2.58. The van der Waals surface area contributed by atoms with Crippen LogP contribution < -0.4 is 5.32 Å². The Morgan fingerprint density at radius 3 is 2.32 bits per heavy atom. The second-order valence-corrected chi connectivity index (χ2v) is 9.60. The van der Waals surface area contributed by atoms with Crippen molar-refractivity contribution in [2.75, 3.05) is 13.1 Å². The van der Waals surface area contributed by atoms with E-state index in [1.54, 1.807) is 12.1 Å². The van der Waals surface area contributed by atoms with Gasteiger partial charge in [-0.25, -0.2) is 4.39 Å². The highest BCUT2D eigenvalue weighted by atomic mass is 19.1. The maximum atomic E-state index is 14.2. The molecule has 3 aliphatic rings. The van der Waals surface area contributed by atoms with Gasteiger partial charge in [-0.05, 0) is 42.2 Å². The molecule has 2 aliphatic carbocycles. The summed E-state index contributed by atoms with van der Waals surface area (Å²) in [5.41, 5.74) is 0.205. The van der Waals surface area contributed by atoms with Crippen LogP contribution in [0.15, 0.2) is 60.7 Å². The summed E-state index contributed by atoms with van der Waals surface area (Å²) in [5.74, 6) is 0.125. The van der Waals surface area contributed by atoms with E-state index < -0.39 is 17.7 Å². The van der Waals surface area contributed by atoms with Crippen molar-refractivity contribution in [1.82, 2.24) is 10.2 Å². The number of amides is 1. The predicted molar refractivity (Wildman–Crippen MR) is 118 cm³/mol. The van der Waals surface area contributed by atoms with Crippen LogP contribution in [0.4, 0.5) is 4.39 Å². The Morgan fingerprint density at radius 2 is 1.68 bits per heavy atom. The molecular weight excluding hydrogens is 391 g/mol. The molecule has 2 aromatic carbocycles. The van der Waals surface area contributed by atoms with Gasteiger partial charge in [-0.3, -0.25) is 9.69 Å². The molecule has 0 radical (unpaired) electrons. The summed E-state index contributed by atoms with van der Waals surface area (Å²) in [5, 5.41) is 14.8. The summed E-state index contributed by atoms with van der Waals surface area (Å²) in [6.45, 7) is 2.86. The van der Waals surface area contributed by atoms with Gasteiger partial charge in [0, 0.05) is 31.6 Å². The molecule has 0 aromatic heterocycles. The summed E-state index contributed by atoms with van der Waals surface area (Å²) < 4.78 is 14.2. The van der Waals surface area contributed by atoms with E-state index in [1.165, 1.54) is 5.56 Å². The third-order valence-electron chi connectivity index (χ3n) is 7.58. The molecule has 4 unspecified atom stereocenters. The Labute approximate surface area is 183 Å². The van der Waals surface area contributed by atoms with Crippen LogP contribution in [-0.4, -0.2) is 41.2 Å². The number of carbonyl (C=O) groups excluding carboxylic acids is 1. The number of hydrogen-bond acceptors (Lipinski definition) is 3. The number of benzene rings is 2. The first-order chi connectivity index (χ1) is 15.1. The van der Waals surface area contributed by atoms with Crippen LogP contribution in [-0.2, 0) is 16.9 Å². The van der Waals surface area contributed by atoms with E-state index in [-0.39, 0.29) is 18.4 Å². The first-order valence-corrected chi connectivity index (χ1v) is 11.5. The minimum absolute atomic E-state index is 0.111. The summed E-state index contributed by atoms with van der Waals surface area (Å²) >= 11 is 0. The van der Waals surface area contributed by atoms with Gasteiger partial charge in [-0.15, -0.1) is 0 Å². The zero-order valence-corrected chi connectivity index (χ0v) is 17.8. The molecule has 6 atom stereocenters. The fourth-order valence-corrected chi connectivity index (χ4v) is 5.81. The summed E-state index contributed by atoms with van der Waals surface area (Å²) in [7, 11) is 0. The van der Waals surface area contributed by atoms with Crippen molar-refractivity contribution in [1.29, 1.82) is 0 Å². The van der Waals surface area contributed by atoms with Crippen LogP contribution in [0, 0.1) is 17.8 Å². The molecule has 164 valence electrons. The van der Waals surface area contributed by atoms with Gasteiger partial charge in [0.1, 0.15) is 6.17 Å². The molecule has 1 amide bonds. The number of rotatable bonds is 6. The summed E-state index contributed by atoms with van der Waals surface area (Å²) in [6.07, 6.45) is 1.18. The van der Waals surface area contributed by atoms with Crippen LogP contribution in [0.1, 0.15) is 36.8 Å². The van der Waals surface area contributed by atoms with Crippen molar-refractivity contribution in [3.63, 3.8) is 0 Å². The van der Waals surface area contributed by atoms with E-state index in [4.69, 9.17) is 0 Å². The molecule has 0 bridgehead atoms. The minimum atomic E-state index is -1.67. The molecule has 5 rings (SSSR count). The van der Waals surface area contributed by atoms with Gasteiger partial charge in [0.05, 0.1) is 0 Å². The molecule has 31 heavy (non-hydrogen) atoms. The van der Waals surface area contributed by atoms with Crippen LogP contribution in [0.3, 0.4) is 0 Å². The quantitative estimate of drug-likeness (QED) is 0.747. The smallest absolute Gasteiger partial charge is 0.257 e. The number of aliphatic hydroxyl groups is 1. The fraction of sp³-hybridized carbons (Fsp3) is 0.500. The molecule has 2 saturated carbocycles. The van der Waals surface area contributed by atoms with Gasteiger partial charge >= 0.3 is 0 Å². The van der Waals surface area contributed by atoms with E-state index in [0.717, 1.165) is 19.6 Å². The van der Waals surface area contributed by atoms with Crippen molar-refractivity contribution >= 4 is 5.91 Å². The highest BCUT2D eigenvalue weighted by Crippen LogP contribution is 2.47. The van der Waals surface area contributed by atoms with Gasteiger partial charge in [-0.2, -0.15) is 0 Å². The van der Waals surface area contributed by atoms with E-state index in [2.05, 4.69) is 34.5 Å². The zero-order valence-electron chi connectivity index (χ0n) is 17.8. The van der Waals surface area contributed by atoms with E-state index in [9.17, 15) is 14.3 Å². The van der Waals surface area contributed by atoms with Crippen LogP contribution >= 0.6 is 0 Å². The Hall–Kier alpha value is -2.24. The van der Waals surface area contributed by atoms with Crippen LogP contribution in [0.2, 0.25) is 0 Å². The lowest BCUT2D eigenvalue weighted by atomic mass is 9.72. The van der Waals surface area contributed by atoms with Crippen molar-refractivity contribution < 1.29 is 14.3 Å². The standard InChI is InChI=1S/C26H31FN2O2/c27-21-13-7-12-20(14-21)26(31,19-10-5-2-6-11-19)25(30)28-24-22-16-29(17-23(22)24)15-18-8-3-1-4-9-18/h1-6,8-11,20-24,31H,7,12-17H2,(H,28,30)/t20?,21?,22-,23+,24?,26?. The first-order valence-electron chi connectivity index (χ1n) is 11.5. The number of alkyl halides is 1. The molecule has 5 heteroatoms. The first kappa shape index (κ1) is 20.7. The van der Waals surface area contributed by atoms with E-state index >= 15 is 0 Å². The molecule has 2 aromatic rings. The number of fused-ring (bicyclic) bond motifs is 1. The Kier molecular flexibility index (Phi) is 5.57. The lowest BCUT2D eigenvalue weighted by molar-refractivity contribution is -0.150. The maximum Gasteiger partial charge on any atom is 0.257 e. The van der Waals surface area contributed by atoms with Gasteiger partial charge in [0.25, 0.3) is 5.91 Å². The van der Waals surface area contributed by atoms with Crippen molar-refractivity contribution in [3.8, 4) is 0 Å². The molecule has 1 saturated heterocycles. The van der Waals surface area contributed by atoms with Crippen molar-refractivity contribution in [3.05, 3.63) is 71.8 Å². The third-order valence-corrected chi connectivity index (χ3v) is 7.58. The van der Waals surface area contributed by atoms with Crippen molar-refractivity contribution in [2.24, 2.45) is 17.8 Å². The second-order valence-electron chi connectivity index (χ2n) is 9.60. The van der Waals surface area contributed by atoms with E-state index in [1.807, 2.05) is 24.3 Å². The molecule has 0 spiro atoms. The molecule has 1 heterocycles. The van der Waals surface area contributed by atoms with Crippen LogP contribution in [0.5, 0.6) is 0 Å². The van der Waals surface area contributed by atoms with Gasteiger partial charge in [0.15, 0.2) is 5.60 Å². The average Bonchev–Trinajstić information content (AvgIpc) is 3.23. The Morgan fingerprint density at radius 1 is 1.03 bits per heavy atom. The summed E-state index contributed by atoms with van der Waals surface area (Å²) in [4.78, 5) is 15.9. The van der Waals surface area contributed by atoms with Gasteiger partial charge in [0.2, 0.25) is 0 Å². The Bertz CT molecular complexity index is 896. The van der Waals surface area contributed by atoms with E-state index in [0.29, 0.717) is 36.7 Å². The average molecular weight is 423 g/mol.